The number of benzene rings is 1. The van der Waals surface area contributed by atoms with Crippen molar-refractivity contribution in [2.75, 3.05) is 6.61 Å². The number of amides is 1. The van der Waals surface area contributed by atoms with E-state index in [4.69, 9.17) is 4.74 Å². The number of aryl methyl sites for hydroxylation is 1. The van der Waals surface area contributed by atoms with Gasteiger partial charge in [-0.15, -0.1) is 0 Å². The van der Waals surface area contributed by atoms with Crippen LogP contribution < -0.4 is 15.6 Å². The van der Waals surface area contributed by atoms with E-state index in [0.29, 0.717) is 19.6 Å². The molecule has 6 nitrogen and oxygen atoms in total. The summed E-state index contributed by atoms with van der Waals surface area (Å²) in [5.74, 6) is 0.525. The number of unbranched alkanes of at least 4 members (excludes halogenated alkanes) is 1. The molecule has 0 bridgehead atoms. The number of para-hydroxylation sites is 1. The number of fused-ring (bicyclic) bond motifs is 1. The van der Waals surface area contributed by atoms with Crippen molar-refractivity contribution in [3.8, 4) is 5.75 Å². The number of ether oxygens (including phenoxy) is 1. The average molecular weight is 327 g/mol. The van der Waals surface area contributed by atoms with Gasteiger partial charge in [0.1, 0.15) is 11.4 Å². The van der Waals surface area contributed by atoms with E-state index in [2.05, 4.69) is 10.4 Å². The molecule has 2 heterocycles. The van der Waals surface area contributed by atoms with Crippen molar-refractivity contribution in [1.82, 2.24) is 15.1 Å². The number of nitrogens with one attached hydrogen (secondary N) is 1. The first-order valence-corrected chi connectivity index (χ1v) is 8.30. The smallest absolute Gasteiger partial charge is 0.272 e. The van der Waals surface area contributed by atoms with E-state index >= 15 is 0 Å². The van der Waals surface area contributed by atoms with Gasteiger partial charge in [0, 0.05) is 24.6 Å². The van der Waals surface area contributed by atoms with Crippen LogP contribution in [0.1, 0.15) is 48.3 Å². The summed E-state index contributed by atoms with van der Waals surface area (Å²) in [5.41, 5.74) is 1.04. The summed E-state index contributed by atoms with van der Waals surface area (Å²) in [6, 6.07) is 10.5. The van der Waals surface area contributed by atoms with E-state index in [1.54, 1.807) is 0 Å². The highest BCUT2D eigenvalue weighted by atomic mass is 16.5. The Bertz CT molecular complexity index is 785. The molecule has 1 aliphatic heterocycles. The predicted octanol–water partition coefficient (Wildman–Crippen LogP) is 2.30. The number of hydrogen-bond donors (Lipinski definition) is 1. The zero-order chi connectivity index (χ0) is 16.9. The molecule has 6 heteroatoms. The molecule has 0 saturated carbocycles. The number of aromatic nitrogens is 2. The fraction of sp³-hybridized carbons (Fsp3) is 0.389. The second-order valence-corrected chi connectivity index (χ2v) is 5.83. The van der Waals surface area contributed by atoms with Crippen LogP contribution in [0.25, 0.3) is 0 Å². The summed E-state index contributed by atoms with van der Waals surface area (Å²) in [5, 5.41) is 7.19. The lowest BCUT2D eigenvalue weighted by Crippen LogP contribution is -2.34. The maximum Gasteiger partial charge on any atom is 0.272 e. The quantitative estimate of drug-likeness (QED) is 0.914. The van der Waals surface area contributed by atoms with Crippen molar-refractivity contribution in [2.24, 2.45) is 0 Å². The van der Waals surface area contributed by atoms with Crippen molar-refractivity contribution in [1.29, 1.82) is 0 Å². The minimum atomic E-state index is -0.276. The minimum Gasteiger partial charge on any atom is -0.493 e. The maximum atomic E-state index is 12.5. The molecule has 1 atom stereocenters. The first-order chi connectivity index (χ1) is 11.7. The first-order valence-electron chi connectivity index (χ1n) is 8.30. The molecule has 1 aromatic heterocycles. The molecule has 0 unspecified atom stereocenters. The summed E-state index contributed by atoms with van der Waals surface area (Å²) in [6.45, 7) is 3.13. The molecule has 24 heavy (non-hydrogen) atoms. The largest absolute Gasteiger partial charge is 0.493 e. The topological polar surface area (TPSA) is 73.2 Å². The van der Waals surface area contributed by atoms with Gasteiger partial charge in [-0.25, -0.2) is 4.68 Å². The highest BCUT2D eigenvalue weighted by molar-refractivity contribution is 5.92. The number of nitrogens with zero attached hydrogens (tertiary/aromatic N) is 2. The molecule has 1 N–H and O–H groups in total. The monoisotopic (exact) mass is 327 g/mol. The van der Waals surface area contributed by atoms with Gasteiger partial charge in [-0.2, -0.15) is 5.10 Å². The lowest BCUT2D eigenvalue weighted by molar-refractivity contribution is 0.0917. The lowest BCUT2D eigenvalue weighted by Gasteiger charge is -2.26. The predicted molar refractivity (Wildman–Crippen MR) is 90.2 cm³/mol. The molecule has 1 aromatic carbocycles. The fourth-order valence-corrected chi connectivity index (χ4v) is 2.76. The van der Waals surface area contributed by atoms with E-state index in [1.807, 2.05) is 31.2 Å². The van der Waals surface area contributed by atoms with Crippen LogP contribution in [0.2, 0.25) is 0 Å². The average Bonchev–Trinajstić information content (AvgIpc) is 2.61. The Balaban J connectivity index is 1.77. The van der Waals surface area contributed by atoms with Crippen LogP contribution in [0.15, 0.2) is 41.2 Å². The summed E-state index contributed by atoms with van der Waals surface area (Å²) in [6.07, 6.45) is 2.52. The zero-order valence-corrected chi connectivity index (χ0v) is 13.7. The van der Waals surface area contributed by atoms with Crippen LogP contribution in [0.3, 0.4) is 0 Å². The standard InChI is InChI=1S/C18H21N3O3/c1-2-3-11-21-17(22)9-8-15(20-21)18(23)19-14-10-12-24-16-7-5-4-6-13(14)16/h4-9,14H,2-3,10-12H2,1H3,(H,19,23)/t14-/m1/s1. The van der Waals surface area contributed by atoms with Crippen LogP contribution in [0.4, 0.5) is 0 Å². The van der Waals surface area contributed by atoms with Gasteiger partial charge in [0.05, 0.1) is 12.6 Å². The van der Waals surface area contributed by atoms with Crippen LogP contribution in [0.5, 0.6) is 5.75 Å². The summed E-state index contributed by atoms with van der Waals surface area (Å²) < 4.78 is 6.97. The molecule has 0 saturated heterocycles. The first kappa shape index (κ1) is 16.2. The van der Waals surface area contributed by atoms with Crippen LogP contribution in [-0.4, -0.2) is 22.3 Å². The SMILES string of the molecule is CCCCn1nc(C(=O)N[C@@H]2CCOc3ccccc32)ccc1=O. The minimum absolute atomic E-state index is 0.111. The Labute approximate surface area is 140 Å². The molecule has 0 radical (unpaired) electrons. The van der Waals surface area contributed by atoms with Gasteiger partial charge < -0.3 is 10.1 Å². The lowest BCUT2D eigenvalue weighted by atomic mass is 10.0. The molecule has 0 aliphatic carbocycles. The van der Waals surface area contributed by atoms with Gasteiger partial charge in [0.15, 0.2) is 0 Å². The van der Waals surface area contributed by atoms with Gasteiger partial charge in [-0.05, 0) is 18.6 Å². The number of hydrogen-bond acceptors (Lipinski definition) is 4. The molecular weight excluding hydrogens is 306 g/mol. The summed E-state index contributed by atoms with van der Waals surface area (Å²) in [7, 11) is 0. The highest BCUT2D eigenvalue weighted by Crippen LogP contribution is 2.31. The Morgan fingerprint density at radius 2 is 2.17 bits per heavy atom. The van der Waals surface area contributed by atoms with Gasteiger partial charge >= 0.3 is 0 Å². The van der Waals surface area contributed by atoms with E-state index < -0.39 is 0 Å². The van der Waals surface area contributed by atoms with Crippen molar-refractivity contribution in [2.45, 2.75) is 38.8 Å². The molecule has 1 aliphatic rings. The molecule has 0 spiro atoms. The Hall–Kier alpha value is -2.63. The van der Waals surface area contributed by atoms with Crippen LogP contribution in [-0.2, 0) is 6.54 Å². The summed E-state index contributed by atoms with van der Waals surface area (Å²) in [4.78, 5) is 24.3. The molecule has 3 rings (SSSR count). The maximum absolute atomic E-state index is 12.5. The fourth-order valence-electron chi connectivity index (χ4n) is 2.76. The molecule has 0 fully saturated rings. The van der Waals surface area contributed by atoms with Crippen molar-refractivity contribution in [3.63, 3.8) is 0 Å². The van der Waals surface area contributed by atoms with Gasteiger partial charge in [0.25, 0.3) is 11.5 Å². The second-order valence-electron chi connectivity index (χ2n) is 5.83. The Kier molecular flexibility index (Phi) is 4.93. The third kappa shape index (κ3) is 3.48. The van der Waals surface area contributed by atoms with Crippen LogP contribution >= 0.6 is 0 Å². The third-order valence-corrected chi connectivity index (χ3v) is 4.09. The van der Waals surface area contributed by atoms with E-state index in [1.165, 1.54) is 16.8 Å². The van der Waals surface area contributed by atoms with E-state index in [-0.39, 0.29) is 23.2 Å². The third-order valence-electron chi connectivity index (χ3n) is 4.09. The number of rotatable bonds is 5. The Morgan fingerprint density at radius 1 is 1.33 bits per heavy atom. The Morgan fingerprint density at radius 3 is 3.00 bits per heavy atom. The zero-order valence-electron chi connectivity index (χ0n) is 13.7. The van der Waals surface area contributed by atoms with Gasteiger partial charge in [0.2, 0.25) is 0 Å². The van der Waals surface area contributed by atoms with Crippen LogP contribution in [0, 0.1) is 0 Å². The van der Waals surface area contributed by atoms with Gasteiger partial charge in [-0.1, -0.05) is 31.5 Å². The second kappa shape index (κ2) is 7.29. The molecule has 2 aromatic rings. The van der Waals surface area contributed by atoms with Crippen molar-refractivity contribution >= 4 is 5.91 Å². The molecule has 1 amide bonds. The summed E-state index contributed by atoms with van der Waals surface area (Å²) >= 11 is 0. The molecular formula is C18H21N3O3. The number of carbonyl (C=O) groups excluding carboxylic acids is 1. The van der Waals surface area contributed by atoms with Gasteiger partial charge in [-0.3, -0.25) is 9.59 Å². The van der Waals surface area contributed by atoms with E-state index in [0.717, 1.165) is 24.2 Å². The van der Waals surface area contributed by atoms with E-state index in [9.17, 15) is 9.59 Å². The highest BCUT2D eigenvalue weighted by Gasteiger charge is 2.23. The number of carbonyl (C=O) groups is 1. The van der Waals surface area contributed by atoms with Crippen molar-refractivity contribution in [3.05, 3.63) is 58.0 Å². The normalized spacial score (nSPS) is 16.1. The molecule has 126 valence electrons. The van der Waals surface area contributed by atoms with Crippen molar-refractivity contribution < 1.29 is 9.53 Å².